The van der Waals surface area contributed by atoms with Crippen LogP contribution in [0.4, 0.5) is 0 Å². The minimum atomic E-state index is -0.892. The number of ether oxygens (including phenoxy) is 2. The molecule has 2 aromatic rings. The number of amides is 1. The Labute approximate surface area is 166 Å². The molecule has 5 nitrogen and oxygen atoms in total. The lowest BCUT2D eigenvalue weighted by Crippen LogP contribution is -2.55. The molecule has 0 radical (unpaired) electrons. The van der Waals surface area contributed by atoms with Crippen molar-refractivity contribution >= 4 is 11.7 Å². The zero-order valence-corrected chi connectivity index (χ0v) is 16.7. The van der Waals surface area contributed by atoms with Gasteiger partial charge in [-0.2, -0.15) is 0 Å². The van der Waals surface area contributed by atoms with Gasteiger partial charge in [0.2, 0.25) is 0 Å². The second kappa shape index (κ2) is 8.46. The van der Waals surface area contributed by atoms with Crippen molar-refractivity contribution in [2.75, 3.05) is 14.2 Å². The summed E-state index contributed by atoms with van der Waals surface area (Å²) < 4.78 is 10.6. The molecule has 1 amide bonds. The lowest BCUT2D eigenvalue weighted by atomic mass is 9.76. The summed E-state index contributed by atoms with van der Waals surface area (Å²) in [4.78, 5) is 26.6. The number of rotatable bonds is 6. The Morgan fingerprint density at radius 1 is 0.964 bits per heavy atom. The van der Waals surface area contributed by atoms with Crippen LogP contribution in [0.25, 0.3) is 0 Å². The normalized spacial score (nSPS) is 15.5. The summed E-state index contributed by atoms with van der Waals surface area (Å²) >= 11 is 0. The minimum Gasteiger partial charge on any atom is -0.497 e. The monoisotopic (exact) mass is 381 g/mol. The summed E-state index contributed by atoms with van der Waals surface area (Å²) in [6.45, 7) is 1.85. The Hall–Kier alpha value is -2.82. The number of hydrogen-bond acceptors (Lipinski definition) is 4. The highest BCUT2D eigenvalue weighted by Crippen LogP contribution is 2.33. The van der Waals surface area contributed by atoms with Crippen molar-refractivity contribution in [2.24, 2.45) is 0 Å². The quantitative estimate of drug-likeness (QED) is 0.757. The Kier molecular flexibility index (Phi) is 6.02. The third kappa shape index (κ3) is 3.88. The Bertz CT molecular complexity index is 869. The molecule has 5 heteroatoms. The van der Waals surface area contributed by atoms with Gasteiger partial charge in [0.25, 0.3) is 5.91 Å². The van der Waals surface area contributed by atoms with Gasteiger partial charge in [0.15, 0.2) is 5.78 Å². The number of methoxy groups -OCH3 is 2. The molecule has 148 valence electrons. The van der Waals surface area contributed by atoms with Crippen LogP contribution in [0.1, 0.15) is 58.4 Å². The molecule has 0 unspecified atom stereocenters. The number of hydrogen-bond donors (Lipinski definition) is 1. The molecule has 0 spiro atoms. The first-order chi connectivity index (χ1) is 13.5. The van der Waals surface area contributed by atoms with Gasteiger partial charge in [0.1, 0.15) is 17.0 Å². The number of nitrogens with one attached hydrogen (secondary N) is 1. The molecule has 28 heavy (non-hydrogen) atoms. The largest absolute Gasteiger partial charge is 0.497 e. The van der Waals surface area contributed by atoms with Gasteiger partial charge < -0.3 is 14.8 Å². The molecule has 1 N–H and O–H groups in total. The van der Waals surface area contributed by atoms with E-state index in [-0.39, 0.29) is 11.7 Å². The molecule has 0 aliphatic heterocycles. The highest BCUT2D eigenvalue weighted by atomic mass is 16.5. The Morgan fingerprint density at radius 2 is 1.68 bits per heavy atom. The van der Waals surface area contributed by atoms with Crippen LogP contribution in [0.2, 0.25) is 0 Å². The summed E-state index contributed by atoms with van der Waals surface area (Å²) in [5, 5.41) is 3.09. The van der Waals surface area contributed by atoms with Gasteiger partial charge in [-0.05, 0) is 44.0 Å². The third-order valence-electron chi connectivity index (χ3n) is 5.58. The Balaban J connectivity index is 1.93. The van der Waals surface area contributed by atoms with Gasteiger partial charge in [-0.15, -0.1) is 0 Å². The summed E-state index contributed by atoms with van der Waals surface area (Å²) in [7, 11) is 3.16. The van der Waals surface area contributed by atoms with Crippen LogP contribution in [-0.4, -0.2) is 31.4 Å². The number of carbonyl (C=O) groups excluding carboxylic acids is 2. The molecular weight excluding hydrogens is 354 g/mol. The molecule has 1 saturated carbocycles. The van der Waals surface area contributed by atoms with Crippen molar-refractivity contribution < 1.29 is 19.1 Å². The second-order valence-corrected chi connectivity index (χ2v) is 7.29. The fraction of sp³-hybridized carbons (Fsp3) is 0.391. The van der Waals surface area contributed by atoms with Crippen LogP contribution in [0.5, 0.6) is 11.5 Å². The molecule has 0 aromatic heterocycles. The SMILES string of the molecule is COc1cccc(C(=O)C2(NC(=O)c3cccc(OC)c3C)CCCCC2)c1. The maximum absolute atomic E-state index is 13.5. The van der Waals surface area contributed by atoms with E-state index < -0.39 is 5.54 Å². The van der Waals surface area contributed by atoms with Crippen molar-refractivity contribution in [3.63, 3.8) is 0 Å². The van der Waals surface area contributed by atoms with Crippen LogP contribution >= 0.6 is 0 Å². The van der Waals surface area contributed by atoms with Gasteiger partial charge in [0.05, 0.1) is 14.2 Å². The average Bonchev–Trinajstić information content (AvgIpc) is 2.74. The first-order valence-electron chi connectivity index (χ1n) is 9.66. The smallest absolute Gasteiger partial charge is 0.252 e. The average molecular weight is 381 g/mol. The zero-order valence-electron chi connectivity index (χ0n) is 16.7. The van der Waals surface area contributed by atoms with E-state index in [4.69, 9.17) is 9.47 Å². The van der Waals surface area contributed by atoms with Crippen molar-refractivity contribution in [3.8, 4) is 11.5 Å². The predicted octanol–water partition coefficient (Wildman–Crippen LogP) is 4.33. The van der Waals surface area contributed by atoms with E-state index >= 15 is 0 Å². The van der Waals surface area contributed by atoms with E-state index in [1.807, 2.05) is 19.1 Å². The number of carbonyl (C=O) groups is 2. The van der Waals surface area contributed by atoms with Crippen LogP contribution < -0.4 is 14.8 Å². The van der Waals surface area contributed by atoms with Crippen LogP contribution in [0.15, 0.2) is 42.5 Å². The first-order valence-corrected chi connectivity index (χ1v) is 9.66. The van der Waals surface area contributed by atoms with E-state index in [2.05, 4.69) is 5.32 Å². The van der Waals surface area contributed by atoms with Crippen molar-refractivity contribution in [2.45, 2.75) is 44.6 Å². The summed E-state index contributed by atoms with van der Waals surface area (Å²) in [6.07, 6.45) is 4.16. The van der Waals surface area contributed by atoms with E-state index in [0.717, 1.165) is 24.8 Å². The fourth-order valence-corrected chi connectivity index (χ4v) is 3.97. The van der Waals surface area contributed by atoms with Gasteiger partial charge in [-0.3, -0.25) is 9.59 Å². The van der Waals surface area contributed by atoms with Gasteiger partial charge >= 0.3 is 0 Å². The summed E-state index contributed by atoms with van der Waals surface area (Å²) in [6, 6.07) is 12.5. The predicted molar refractivity (Wildman–Crippen MR) is 108 cm³/mol. The van der Waals surface area contributed by atoms with E-state index in [0.29, 0.717) is 35.5 Å². The van der Waals surface area contributed by atoms with E-state index in [1.165, 1.54) is 0 Å². The maximum Gasteiger partial charge on any atom is 0.252 e. The second-order valence-electron chi connectivity index (χ2n) is 7.29. The van der Waals surface area contributed by atoms with Crippen LogP contribution in [-0.2, 0) is 0 Å². The number of benzene rings is 2. The number of Topliss-reactive ketones (excluding diaryl/α,β-unsaturated/α-hetero) is 1. The van der Waals surface area contributed by atoms with Crippen molar-refractivity contribution in [1.29, 1.82) is 0 Å². The van der Waals surface area contributed by atoms with E-state index in [9.17, 15) is 9.59 Å². The Morgan fingerprint density at radius 3 is 2.36 bits per heavy atom. The lowest BCUT2D eigenvalue weighted by Gasteiger charge is -2.37. The lowest BCUT2D eigenvalue weighted by molar-refractivity contribution is 0.0713. The fourth-order valence-electron chi connectivity index (χ4n) is 3.97. The standard InChI is InChI=1S/C23H27NO4/c1-16-19(11-8-12-20(16)28-3)22(26)24-23(13-5-4-6-14-23)21(25)17-9-7-10-18(15-17)27-2/h7-12,15H,4-6,13-14H2,1-3H3,(H,24,26). The van der Waals surface area contributed by atoms with Crippen molar-refractivity contribution in [1.82, 2.24) is 5.32 Å². The van der Waals surface area contributed by atoms with Gasteiger partial charge in [0, 0.05) is 16.7 Å². The molecule has 3 rings (SSSR count). The van der Waals surface area contributed by atoms with Gasteiger partial charge in [-0.1, -0.05) is 37.5 Å². The molecule has 0 atom stereocenters. The third-order valence-corrected chi connectivity index (χ3v) is 5.58. The molecule has 0 bridgehead atoms. The van der Waals surface area contributed by atoms with Gasteiger partial charge in [-0.25, -0.2) is 0 Å². The highest BCUT2D eigenvalue weighted by molar-refractivity contribution is 6.07. The molecule has 0 saturated heterocycles. The molecule has 2 aromatic carbocycles. The zero-order chi connectivity index (χ0) is 20.1. The summed E-state index contributed by atoms with van der Waals surface area (Å²) in [5.74, 6) is 0.991. The molecular formula is C23H27NO4. The first kappa shape index (κ1) is 19.9. The molecule has 1 aliphatic carbocycles. The minimum absolute atomic E-state index is 0.0556. The molecule has 1 fully saturated rings. The van der Waals surface area contributed by atoms with Crippen molar-refractivity contribution in [3.05, 3.63) is 59.2 Å². The topological polar surface area (TPSA) is 64.6 Å². The molecule has 1 aliphatic rings. The molecule has 0 heterocycles. The summed E-state index contributed by atoms with van der Waals surface area (Å²) in [5.41, 5.74) is 0.964. The maximum atomic E-state index is 13.5. The highest BCUT2D eigenvalue weighted by Gasteiger charge is 2.41. The van der Waals surface area contributed by atoms with Crippen LogP contribution in [0.3, 0.4) is 0 Å². The number of ketones is 1. The van der Waals surface area contributed by atoms with Crippen LogP contribution in [0, 0.1) is 6.92 Å². The van der Waals surface area contributed by atoms with E-state index in [1.54, 1.807) is 44.6 Å².